The van der Waals surface area contributed by atoms with Crippen LogP contribution >= 0.6 is 0 Å². The first-order chi connectivity index (χ1) is 9.19. The summed E-state index contributed by atoms with van der Waals surface area (Å²) in [6.45, 7) is 2.12. The van der Waals surface area contributed by atoms with Crippen LogP contribution < -0.4 is 10.6 Å². The highest BCUT2D eigenvalue weighted by Crippen LogP contribution is 2.39. The van der Waals surface area contributed by atoms with Gasteiger partial charge in [0.2, 0.25) is 0 Å². The van der Waals surface area contributed by atoms with E-state index in [9.17, 15) is 5.11 Å². The van der Waals surface area contributed by atoms with Crippen LogP contribution in [0.25, 0.3) is 0 Å². The first-order valence-corrected chi connectivity index (χ1v) is 7.51. The van der Waals surface area contributed by atoms with Crippen LogP contribution in [0.4, 0.5) is 5.69 Å². The quantitative estimate of drug-likeness (QED) is 0.878. The molecule has 0 radical (unpaired) electrons. The summed E-state index contributed by atoms with van der Waals surface area (Å²) in [4.78, 5) is 2.52. The Kier molecular flexibility index (Phi) is 3.50. The van der Waals surface area contributed by atoms with Gasteiger partial charge in [0.25, 0.3) is 0 Å². The molecule has 2 saturated heterocycles. The molecule has 3 N–H and O–H groups in total. The number of hydrogen-bond acceptors (Lipinski definition) is 3. The number of benzene rings is 1. The fourth-order valence-electron chi connectivity index (χ4n) is 3.70. The minimum absolute atomic E-state index is 0.0958. The number of nitrogens with zero attached hydrogens (tertiary/aromatic N) is 1. The maximum atomic E-state index is 9.86. The van der Waals surface area contributed by atoms with Gasteiger partial charge in [0.15, 0.2) is 0 Å². The summed E-state index contributed by atoms with van der Waals surface area (Å²) < 4.78 is 0. The van der Waals surface area contributed by atoms with Crippen LogP contribution in [0.5, 0.6) is 0 Å². The van der Waals surface area contributed by atoms with Crippen molar-refractivity contribution in [3.05, 3.63) is 29.8 Å². The Morgan fingerprint density at radius 3 is 2.32 bits per heavy atom. The van der Waals surface area contributed by atoms with Crippen LogP contribution in [-0.2, 0) is 0 Å². The van der Waals surface area contributed by atoms with E-state index in [2.05, 4.69) is 36.1 Å². The number of aliphatic hydroxyl groups excluding tert-OH is 1. The lowest BCUT2D eigenvalue weighted by molar-refractivity contribution is 0.126. The van der Waals surface area contributed by atoms with Crippen LogP contribution in [0.3, 0.4) is 0 Å². The van der Waals surface area contributed by atoms with E-state index in [0.29, 0.717) is 12.1 Å². The van der Waals surface area contributed by atoms with Gasteiger partial charge in [-0.05, 0) is 49.8 Å². The number of aliphatic hydroxyl groups is 1. The predicted octanol–water partition coefficient (Wildman–Crippen LogP) is 2.59. The van der Waals surface area contributed by atoms with E-state index in [1.165, 1.54) is 24.1 Å². The third kappa shape index (κ3) is 2.37. The zero-order valence-corrected chi connectivity index (χ0v) is 11.6. The van der Waals surface area contributed by atoms with Gasteiger partial charge in [-0.1, -0.05) is 19.1 Å². The van der Waals surface area contributed by atoms with Crippen molar-refractivity contribution in [2.45, 2.75) is 63.3 Å². The van der Waals surface area contributed by atoms with Crippen LogP contribution in [0.2, 0.25) is 0 Å². The van der Waals surface area contributed by atoms with Crippen molar-refractivity contribution in [2.75, 3.05) is 4.90 Å². The zero-order valence-electron chi connectivity index (χ0n) is 11.6. The Labute approximate surface area is 115 Å². The van der Waals surface area contributed by atoms with Gasteiger partial charge < -0.3 is 15.7 Å². The number of rotatable bonds is 3. The molecule has 0 aromatic heterocycles. The molecule has 2 heterocycles. The molecule has 0 saturated carbocycles. The summed E-state index contributed by atoms with van der Waals surface area (Å²) in [7, 11) is 0. The second kappa shape index (κ2) is 5.14. The Balaban J connectivity index is 1.80. The molecule has 3 heteroatoms. The van der Waals surface area contributed by atoms with Crippen molar-refractivity contribution in [3.8, 4) is 0 Å². The molecule has 3 nitrogen and oxygen atoms in total. The molecule has 2 aliphatic heterocycles. The van der Waals surface area contributed by atoms with E-state index in [1.54, 1.807) is 0 Å². The van der Waals surface area contributed by atoms with Gasteiger partial charge >= 0.3 is 0 Å². The molecule has 3 atom stereocenters. The van der Waals surface area contributed by atoms with Gasteiger partial charge in [0, 0.05) is 23.8 Å². The molecule has 2 aliphatic rings. The highest BCUT2D eigenvalue weighted by molar-refractivity contribution is 5.51. The molecule has 2 unspecified atom stereocenters. The Morgan fingerprint density at radius 2 is 1.79 bits per heavy atom. The van der Waals surface area contributed by atoms with E-state index >= 15 is 0 Å². The van der Waals surface area contributed by atoms with Crippen LogP contribution in [0.15, 0.2) is 24.3 Å². The highest BCUT2D eigenvalue weighted by Gasteiger charge is 2.40. The lowest BCUT2D eigenvalue weighted by atomic mass is 9.98. The summed E-state index contributed by atoms with van der Waals surface area (Å²) in [5, 5.41) is 9.86. The van der Waals surface area contributed by atoms with Gasteiger partial charge in [-0.25, -0.2) is 0 Å². The normalized spacial score (nSPS) is 31.5. The maximum absolute atomic E-state index is 9.86. The lowest BCUT2D eigenvalue weighted by Crippen LogP contribution is -2.44. The van der Waals surface area contributed by atoms with Crippen LogP contribution in [-0.4, -0.2) is 23.3 Å². The van der Waals surface area contributed by atoms with Crippen molar-refractivity contribution < 1.29 is 5.11 Å². The molecule has 1 aromatic carbocycles. The number of hydrogen-bond donors (Lipinski definition) is 2. The van der Waals surface area contributed by atoms with Crippen molar-refractivity contribution in [2.24, 2.45) is 5.73 Å². The van der Waals surface area contributed by atoms with E-state index in [0.717, 1.165) is 19.3 Å². The molecule has 0 amide bonds. The molecule has 1 aromatic rings. The molecule has 104 valence electrons. The zero-order chi connectivity index (χ0) is 13.4. The number of piperidine rings is 1. The largest absolute Gasteiger partial charge is 0.393 e. The standard InChI is InChI=1S/C16H24N2O/c1-2-16(17)11-3-5-12(6-4-11)18-13-7-8-14(18)10-15(19)9-13/h3-6,13-16,19H,2,7-10,17H2,1H3/t13?,14?,15?,16-/m0/s1. The SMILES string of the molecule is CC[C@H](N)c1ccc(N2C3CCC2CC(O)C3)cc1. The monoisotopic (exact) mass is 260 g/mol. The number of nitrogens with two attached hydrogens (primary N) is 1. The van der Waals surface area contributed by atoms with E-state index in [1.807, 2.05) is 0 Å². The second-order valence-corrected chi connectivity index (χ2v) is 6.02. The van der Waals surface area contributed by atoms with E-state index in [-0.39, 0.29) is 12.1 Å². The molecule has 2 fully saturated rings. The summed E-state index contributed by atoms with van der Waals surface area (Å²) in [6, 6.07) is 9.93. The van der Waals surface area contributed by atoms with Crippen LogP contribution in [0.1, 0.15) is 50.6 Å². The van der Waals surface area contributed by atoms with Gasteiger partial charge in [-0.3, -0.25) is 0 Å². The van der Waals surface area contributed by atoms with Gasteiger partial charge in [0.1, 0.15) is 0 Å². The fraction of sp³-hybridized carbons (Fsp3) is 0.625. The molecular weight excluding hydrogens is 236 g/mol. The van der Waals surface area contributed by atoms with E-state index in [4.69, 9.17) is 5.73 Å². The summed E-state index contributed by atoms with van der Waals surface area (Å²) >= 11 is 0. The fourth-order valence-corrected chi connectivity index (χ4v) is 3.70. The second-order valence-electron chi connectivity index (χ2n) is 6.02. The Bertz CT molecular complexity index is 417. The smallest absolute Gasteiger partial charge is 0.0579 e. The van der Waals surface area contributed by atoms with Crippen molar-refractivity contribution in [1.29, 1.82) is 0 Å². The first kappa shape index (κ1) is 12.9. The predicted molar refractivity (Wildman–Crippen MR) is 78.2 cm³/mol. The minimum atomic E-state index is -0.0958. The Hall–Kier alpha value is -1.06. The van der Waals surface area contributed by atoms with Gasteiger partial charge in [-0.15, -0.1) is 0 Å². The molecule has 2 bridgehead atoms. The summed E-state index contributed by atoms with van der Waals surface area (Å²) in [5.74, 6) is 0. The van der Waals surface area contributed by atoms with E-state index < -0.39 is 0 Å². The molecule has 19 heavy (non-hydrogen) atoms. The van der Waals surface area contributed by atoms with Crippen LogP contribution in [0, 0.1) is 0 Å². The summed E-state index contributed by atoms with van der Waals surface area (Å²) in [6.07, 6.45) is 5.16. The first-order valence-electron chi connectivity index (χ1n) is 7.51. The molecule has 3 rings (SSSR count). The minimum Gasteiger partial charge on any atom is -0.393 e. The Morgan fingerprint density at radius 1 is 1.21 bits per heavy atom. The number of fused-ring (bicyclic) bond motifs is 2. The topological polar surface area (TPSA) is 49.5 Å². The molecule has 0 aliphatic carbocycles. The van der Waals surface area contributed by atoms with Crippen molar-refractivity contribution in [3.63, 3.8) is 0 Å². The molecular formula is C16H24N2O. The third-order valence-electron chi connectivity index (χ3n) is 4.77. The average molecular weight is 260 g/mol. The highest BCUT2D eigenvalue weighted by atomic mass is 16.3. The average Bonchev–Trinajstić information content (AvgIpc) is 2.70. The van der Waals surface area contributed by atoms with Crippen molar-refractivity contribution in [1.82, 2.24) is 0 Å². The summed E-state index contributed by atoms with van der Waals surface area (Å²) in [5.41, 5.74) is 8.58. The van der Waals surface area contributed by atoms with Gasteiger partial charge in [0.05, 0.1) is 6.10 Å². The maximum Gasteiger partial charge on any atom is 0.0579 e. The molecule has 0 spiro atoms. The third-order valence-corrected chi connectivity index (χ3v) is 4.77. The van der Waals surface area contributed by atoms with Gasteiger partial charge in [-0.2, -0.15) is 0 Å². The lowest BCUT2D eigenvalue weighted by Gasteiger charge is -2.39. The number of anilines is 1. The van der Waals surface area contributed by atoms with Crippen molar-refractivity contribution >= 4 is 5.69 Å².